The summed E-state index contributed by atoms with van der Waals surface area (Å²) in [6.45, 7) is 0. The van der Waals surface area contributed by atoms with Gasteiger partial charge in [-0.3, -0.25) is 24.6 Å². The van der Waals surface area contributed by atoms with Crippen LogP contribution < -0.4 is 10.2 Å². The number of ether oxygens (including phenoxy) is 2. The van der Waals surface area contributed by atoms with E-state index < -0.39 is 87.3 Å². The molecule has 2 N–H and O–H groups in total. The number of nitrogens with one attached hydrogen (secondary N) is 1. The molecule has 1 aromatic heterocycles. The lowest BCUT2D eigenvalue weighted by Gasteiger charge is -2.50. The summed E-state index contributed by atoms with van der Waals surface area (Å²) >= 11 is 12.5. The van der Waals surface area contributed by atoms with Crippen molar-refractivity contribution in [1.82, 2.24) is 14.9 Å². The average molecular weight is 760 g/mol. The van der Waals surface area contributed by atoms with Gasteiger partial charge in [0.25, 0.3) is 11.8 Å². The number of hydrazine groups is 1. The van der Waals surface area contributed by atoms with Gasteiger partial charge in [-0.1, -0.05) is 53.1 Å². The molecule has 0 radical (unpaired) electrons. The molecule has 3 heterocycles. The first-order chi connectivity index (χ1) is 24.7. The smallest absolute Gasteiger partial charge is 0.423 e. The number of fused-ring (bicyclic) bond motifs is 4. The minimum Gasteiger partial charge on any atom is -0.508 e. The van der Waals surface area contributed by atoms with Crippen LogP contribution in [0.15, 0.2) is 66.4 Å². The van der Waals surface area contributed by atoms with Gasteiger partial charge in [0, 0.05) is 22.7 Å². The molecule has 5 amide bonds. The monoisotopic (exact) mass is 758 g/mol. The summed E-state index contributed by atoms with van der Waals surface area (Å²) in [5.74, 6) is -9.63. The third kappa shape index (κ3) is 5.04. The van der Waals surface area contributed by atoms with Gasteiger partial charge in [0.1, 0.15) is 11.5 Å². The topological polar surface area (TPSA) is 155 Å². The number of methoxy groups -OCH3 is 2. The van der Waals surface area contributed by atoms with Gasteiger partial charge in [-0.15, -0.1) is 0 Å². The number of phenolic OH excluding ortho intramolecular Hbond substituents is 1. The fourth-order valence-electron chi connectivity index (χ4n) is 8.37. The van der Waals surface area contributed by atoms with Gasteiger partial charge >= 0.3 is 12.3 Å². The summed E-state index contributed by atoms with van der Waals surface area (Å²) in [6.07, 6.45) is -4.00. The number of aromatic nitrogens is 1. The highest BCUT2D eigenvalue weighted by atomic mass is 35.5. The Bertz CT molecular complexity index is 2090. The number of hydrogen-bond acceptors (Lipinski definition) is 10. The van der Waals surface area contributed by atoms with Crippen LogP contribution >= 0.6 is 23.2 Å². The fraction of sp³-hybridized carbons (Fsp3) is 0.314. The van der Waals surface area contributed by atoms with Crippen molar-refractivity contribution in [2.24, 2.45) is 23.7 Å². The number of carbonyl (C=O) groups is 5. The lowest BCUT2D eigenvalue weighted by atomic mass is 9.49. The Kier molecular flexibility index (Phi) is 8.49. The molecule has 12 nitrogen and oxygen atoms in total. The number of phenols is 1. The number of allylic oxidation sites excluding steroid dienone is 2. The Morgan fingerprint density at radius 2 is 1.73 bits per heavy atom. The number of amides is 5. The van der Waals surface area contributed by atoms with Crippen LogP contribution in [0.4, 0.5) is 23.8 Å². The Labute approximate surface area is 303 Å². The van der Waals surface area contributed by atoms with Gasteiger partial charge < -0.3 is 14.6 Å². The summed E-state index contributed by atoms with van der Waals surface area (Å²) in [5, 5.41) is 11.9. The molecular formula is C35H27Cl2F3N4O8. The number of likely N-dealkylation sites (tertiary alicyclic amines) is 1. The minimum atomic E-state index is -4.78. The summed E-state index contributed by atoms with van der Waals surface area (Å²) < 4.78 is 50.7. The molecule has 2 aromatic carbocycles. The van der Waals surface area contributed by atoms with E-state index in [1.165, 1.54) is 31.4 Å². The molecule has 0 bridgehead atoms. The summed E-state index contributed by atoms with van der Waals surface area (Å²) in [7, 11) is 2.37. The molecule has 0 unspecified atom stereocenters. The van der Waals surface area contributed by atoms with Crippen molar-refractivity contribution >= 4 is 58.7 Å². The van der Waals surface area contributed by atoms with E-state index in [1.807, 2.05) is 0 Å². The van der Waals surface area contributed by atoms with E-state index in [0.717, 1.165) is 7.11 Å². The number of nitrogens with zero attached hydrogens (tertiary/aromatic N) is 3. The van der Waals surface area contributed by atoms with Crippen LogP contribution in [0.25, 0.3) is 0 Å². The number of aromatic hydroxyl groups is 1. The molecule has 3 fully saturated rings. The van der Waals surface area contributed by atoms with Crippen molar-refractivity contribution in [1.29, 1.82) is 0 Å². The molecule has 6 atom stereocenters. The zero-order valence-corrected chi connectivity index (χ0v) is 28.6. The number of halogens is 5. The van der Waals surface area contributed by atoms with Crippen LogP contribution in [-0.4, -0.2) is 63.9 Å². The standard InChI is InChI=1S/C35H27Cl2F3N4O8/c1-51-24-5-3-4-23(45)26(24)27-18-10-11-19-25(31(48)43(29(19)46)33(50)52-2)20(18)13-21-30(47)44(32(49)34(21,27)15-6-8-17(36)9-7-15)42-28-22(37)12-16(14-41-28)35(38,39)40/h3-10,12,14,19-21,25,27,45H,11,13H2,1-2H3,(H,41,42)/t19-,20+,21-,25-,27+,34+/m0/s1. The zero-order chi connectivity index (χ0) is 37.4. The van der Waals surface area contributed by atoms with Crippen molar-refractivity contribution in [3.05, 3.63) is 93.1 Å². The van der Waals surface area contributed by atoms with E-state index in [1.54, 1.807) is 24.3 Å². The van der Waals surface area contributed by atoms with E-state index in [9.17, 15) is 37.5 Å². The van der Waals surface area contributed by atoms with E-state index in [0.29, 0.717) is 32.8 Å². The van der Waals surface area contributed by atoms with E-state index in [-0.39, 0.29) is 35.5 Å². The molecule has 2 saturated heterocycles. The summed E-state index contributed by atoms with van der Waals surface area (Å²) in [6, 6.07) is 11.1. The number of alkyl halides is 3. The van der Waals surface area contributed by atoms with E-state index >= 15 is 4.79 Å². The van der Waals surface area contributed by atoms with Crippen molar-refractivity contribution in [2.75, 3.05) is 19.6 Å². The summed E-state index contributed by atoms with van der Waals surface area (Å²) in [5.41, 5.74) is 0.246. The quantitative estimate of drug-likeness (QED) is 0.238. The van der Waals surface area contributed by atoms with Gasteiger partial charge in [0.15, 0.2) is 5.82 Å². The largest absolute Gasteiger partial charge is 0.508 e. The van der Waals surface area contributed by atoms with Crippen LogP contribution in [-0.2, 0) is 35.5 Å². The highest BCUT2D eigenvalue weighted by Crippen LogP contribution is 2.66. The zero-order valence-electron chi connectivity index (χ0n) is 27.1. The number of benzene rings is 2. The van der Waals surface area contributed by atoms with Gasteiger partial charge in [0.2, 0.25) is 11.8 Å². The second-order valence-electron chi connectivity index (χ2n) is 12.8. The maximum atomic E-state index is 15.2. The molecule has 270 valence electrons. The molecule has 52 heavy (non-hydrogen) atoms. The predicted molar refractivity (Wildman–Crippen MR) is 176 cm³/mol. The molecule has 1 saturated carbocycles. The molecule has 0 spiro atoms. The maximum absolute atomic E-state index is 15.2. The maximum Gasteiger partial charge on any atom is 0.423 e. The fourth-order valence-corrected chi connectivity index (χ4v) is 8.70. The van der Waals surface area contributed by atoms with Crippen LogP contribution in [0.5, 0.6) is 11.5 Å². The summed E-state index contributed by atoms with van der Waals surface area (Å²) in [4.78, 5) is 74.1. The molecule has 2 aliphatic heterocycles. The first-order valence-corrected chi connectivity index (χ1v) is 16.6. The Hall–Kier alpha value is -5.15. The normalized spacial score (nSPS) is 26.8. The van der Waals surface area contributed by atoms with Crippen LogP contribution in [0.2, 0.25) is 10.0 Å². The SMILES string of the molecule is COC(=O)N1C(=O)[C@H]2[C@H](CC=C3[C@H]2C[C@H]2C(=O)N(Nc4ncc(C(F)(F)F)cc4Cl)C(=O)[C@@]2(c2ccc(Cl)cc2)[C@H]3c2c(O)cccc2OC)C1=O. The van der Waals surface area contributed by atoms with Crippen LogP contribution in [0.3, 0.4) is 0 Å². The molecule has 17 heteroatoms. The molecule has 4 aliphatic rings. The van der Waals surface area contributed by atoms with Crippen molar-refractivity contribution in [3.63, 3.8) is 0 Å². The van der Waals surface area contributed by atoms with Gasteiger partial charge in [-0.05, 0) is 54.7 Å². The molecule has 3 aromatic rings. The van der Waals surface area contributed by atoms with Gasteiger partial charge in [0.05, 0.1) is 48.0 Å². The number of imide groups is 4. The number of anilines is 1. The minimum absolute atomic E-state index is 0.0302. The molecule has 7 rings (SSSR count). The number of hydrogen-bond donors (Lipinski definition) is 2. The Morgan fingerprint density at radius 3 is 2.37 bits per heavy atom. The first-order valence-electron chi connectivity index (χ1n) is 15.8. The van der Waals surface area contributed by atoms with Gasteiger partial charge in [-0.25, -0.2) is 9.78 Å². The third-order valence-electron chi connectivity index (χ3n) is 10.5. The first kappa shape index (κ1) is 35.3. The lowest BCUT2D eigenvalue weighted by Crippen LogP contribution is -2.53. The average Bonchev–Trinajstić information content (AvgIpc) is 3.49. The van der Waals surface area contributed by atoms with Crippen molar-refractivity contribution < 1.29 is 51.7 Å². The number of rotatable bonds is 5. The van der Waals surface area contributed by atoms with Crippen molar-refractivity contribution in [3.8, 4) is 11.5 Å². The van der Waals surface area contributed by atoms with Crippen LogP contribution in [0, 0.1) is 23.7 Å². The van der Waals surface area contributed by atoms with E-state index in [2.05, 4.69) is 10.4 Å². The number of pyridine rings is 1. The Balaban J connectivity index is 1.46. The Morgan fingerprint density at radius 1 is 1.02 bits per heavy atom. The second-order valence-corrected chi connectivity index (χ2v) is 13.6. The highest BCUT2D eigenvalue weighted by Gasteiger charge is 2.71. The second kappa shape index (κ2) is 12.5. The highest BCUT2D eigenvalue weighted by molar-refractivity contribution is 6.33. The van der Waals surface area contributed by atoms with Crippen LogP contribution in [0.1, 0.15) is 35.4 Å². The molecule has 2 aliphatic carbocycles. The predicted octanol–water partition coefficient (Wildman–Crippen LogP) is 5.87. The number of carbonyl (C=O) groups excluding carboxylic acids is 5. The van der Waals surface area contributed by atoms with E-state index in [4.69, 9.17) is 32.7 Å². The lowest BCUT2D eigenvalue weighted by molar-refractivity contribution is -0.140. The van der Waals surface area contributed by atoms with Crippen molar-refractivity contribution in [2.45, 2.75) is 30.4 Å². The third-order valence-corrected chi connectivity index (χ3v) is 11.0. The van der Waals surface area contributed by atoms with Gasteiger partial charge in [-0.2, -0.15) is 23.1 Å². The molecular weight excluding hydrogens is 732 g/mol.